The Morgan fingerprint density at radius 3 is 3.00 bits per heavy atom. The summed E-state index contributed by atoms with van der Waals surface area (Å²) in [7, 11) is 0. The van der Waals surface area contributed by atoms with Crippen molar-refractivity contribution in [3.8, 4) is 10.4 Å². The Kier molecular flexibility index (Phi) is 1.22. The summed E-state index contributed by atoms with van der Waals surface area (Å²) in [6.07, 6.45) is 1.85. The molecule has 0 bridgehead atoms. The van der Waals surface area contributed by atoms with E-state index in [9.17, 15) is 4.79 Å². The molecule has 2 rings (SSSR count). The predicted molar refractivity (Wildman–Crippen MR) is 43.8 cm³/mol. The standard InChI is InChI=1S/C7H6N2OS/c8-7(10)4-1-5-3-9-11-6(5)2-4/h1-3,9H,(H2,8,10). The Morgan fingerprint density at radius 1 is 1.55 bits per heavy atom. The van der Waals surface area contributed by atoms with Crippen molar-refractivity contribution < 1.29 is 4.79 Å². The fourth-order valence-electron chi connectivity index (χ4n) is 1.00. The van der Waals surface area contributed by atoms with E-state index in [2.05, 4.69) is 4.37 Å². The molecule has 11 heavy (non-hydrogen) atoms. The number of nitrogens with one attached hydrogen (secondary N) is 1. The smallest absolute Gasteiger partial charge is 0.248 e. The van der Waals surface area contributed by atoms with Crippen molar-refractivity contribution >= 4 is 17.4 Å². The van der Waals surface area contributed by atoms with Crippen LogP contribution in [0, 0.1) is 0 Å². The zero-order valence-electron chi connectivity index (χ0n) is 5.63. The van der Waals surface area contributed by atoms with E-state index in [1.54, 1.807) is 12.1 Å². The molecule has 0 spiro atoms. The minimum absolute atomic E-state index is 0.367. The van der Waals surface area contributed by atoms with Crippen LogP contribution in [0.25, 0.3) is 10.4 Å². The maximum Gasteiger partial charge on any atom is 0.248 e. The first-order chi connectivity index (χ1) is 5.27. The summed E-state index contributed by atoms with van der Waals surface area (Å²) in [5, 5.41) is 0. The summed E-state index contributed by atoms with van der Waals surface area (Å²) in [6, 6.07) is 3.57. The van der Waals surface area contributed by atoms with Gasteiger partial charge in [-0.05, 0) is 12.1 Å². The predicted octanol–water partition coefficient (Wildman–Crippen LogP) is 1.28. The van der Waals surface area contributed by atoms with Crippen molar-refractivity contribution in [1.82, 2.24) is 4.37 Å². The molecular weight excluding hydrogens is 160 g/mol. The van der Waals surface area contributed by atoms with E-state index < -0.39 is 0 Å². The van der Waals surface area contributed by atoms with Crippen LogP contribution in [0.2, 0.25) is 0 Å². The quantitative estimate of drug-likeness (QED) is 0.658. The molecule has 0 aromatic carbocycles. The minimum atomic E-state index is -0.367. The fourth-order valence-corrected chi connectivity index (χ4v) is 1.74. The number of nitrogens with two attached hydrogens (primary N) is 1. The zero-order valence-corrected chi connectivity index (χ0v) is 6.44. The largest absolute Gasteiger partial charge is 0.366 e. The first kappa shape index (κ1) is 6.42. The van der Waals surface area contributed by atoms with Crippen LogP contribution in [0.3, 0.4) is 0 Å². The molecule has 0 atom stereocenters. The SMILES string of the molecule is NC(=O)c1cc2c[nH]sc-2c1. The lowest BCUT2D eigenvalue weighted by atomic mass is 10.3. The van der Waals surface area contributed by atoms with E-state index in [4.69, 9.17) is 5.73 Å². The Labute approximate surface area is 67.3 Å². The molecule has 56 valence electrons. The normalized spacial score (nSPS) is 10.5. The Balaban J connectivity index is 2.59. The van der Waals surface area contributed by atoms with E-state index >= 15 is 0 Å². The maximum atomic E-state index is 10.7. The van der Waals surface area contributed by atoms with Gasteiger partial charge >= 0.3 is 0 Å². The molecular formula is C7H6N2OS. The molecule has 3 nitrogen and oxygen atoms in total. The van der Waals surface area contributed by atoms with Crippen molar-refractivity contribution in [3.05, 3.63) is 23.9 Å². The lowest BCUT2D eigenvalue weighted by Crippen LogP contribution is -2.08. The lowest BCUT2D eigenvalue weighted by Gasteiger charge is -1.82. The van der Waals surface area contributed by atoms with E-state index in [0.717, 1.165) is 10.4 Å². The average molecular weight is 166 g/mol. The number of H-pyrrole nitrogens is 1. The topological polar surface area (TPSA) is 58.9 Å². The van der Waals surface area contributed by atoms with E-state index in [0.29, 0.717) is 5.56 Å². The minimum Gasteiger partial charge on any atom is -0.366 e. The molecule has 4 heteroatoms. The number of aromatic amines is 1. The molecule has 0 aromatic heterocycles. The molecule has 2 aliphatic rings. The molecule has 1 amide bonds. The number of hydrogen-bond acceptors (Lipinski definition) is 2. The number of primary amides is 1. The molecule has 0 fully saturated rings. The molecule has 0 radical (unpaired) electrons. The van der Waals surface area contributed by atoms with Gasteiger partial charge in [-0.2, -0.15) is 0 Å². The Morgan fingerprint density at radius 2 is 2.36 bits per heavy atom. The number of aromatic nitrogens is 1. The summed E-state index contributed by atoms with van der Waals surface area (Å²) in [6.45, 7) is 0. The van der Waals surface area contributed by atoms with Gasteiger partial charge in [0.1, 0.15) is 0 Å². The summed E-state index contributed by atoms with van der Waals surface area (Å²) < 4.78 is 2.97. The van der Waals surface area contributed by atoms with Crippen LogP contribution in [0.1, 0.15) is 10.4 Å². The molecule has 0 unspecified atom stereocenters. The average Bonchev–Trinajstić information content (AvgIpc) is 2.40. The maximum absolute atomic E-state index is 10.7. The second kappa shape index (κ2) is 2.10. The van der Waals surface area contributed by atoms with Crippen LogP contribution in [0.5, 0.6) is 0 Å². The fraction of sp³-hybridized carbons (Fsp3) is 0. The molecule has 0 saturated carbocycles. The van der Waals surface area contributed by atoms with E-state index in [-0.39, 0.29) is 5.91 Å². The third kappa shape index (κ3) is 0.914. The van der Waals surface area contributed by atoms with Gasteiger partial charge in [-0.25, -0.2) is 0 Å². The molecule has 0 aromatic rings. The van der Waals surface area contributed by atoms with Gasteiger partial charge in [0.05, 0.1) is 4.88 Å². The van der Waals surface area contributed by atoms with Crippen LogP contribution in [-0.4, -0.2) is 10.3 Å². The second-order valence-electron chi connectivity index (χ2n) is 2.29. The van der Waals surface area contributed by atoms with Crippen molar-refractivity contribution in [1.29, 1.82) is 0 Å². The first-order valence-electron chi connectivity index (χ1n) is 3.13. The number of carbonyl (C=O) groups excluding carboxylic acids is 1. The second-order valence-corrected chi connectivity index (χ2v) is 3.17. The highest BCUT2D eigenvalue weighted by molar-refractivity contribution is 7.09. The molecule has 0 saturated heterocycles. The molecule has 1 heterocycles. The van der Waals surface area contributed by atoms with Gasteiger partial charge in [0, 0.05) is 17.3 Å². The highest BCUT2D eigenvalue weighted by Gasteiger charge is 2.10. The third-order valence-electron chi connectivity index (χ3n) is 1.55. The van der Waals surface area contributed by atoms with Crippen molar-refractivity contribution in [2.24, 2.45) is 5.73 Å². The number of rotatable bonds is 1. The van der Waals surface area contributed by atoms with Crippen LogP contribution >= 0.6 is 11.5 Å². The molecule has 1 aliphatic heterocycles. The van der Waals surface area contributed by atoms with Crippen molar-refractivity contribution in [2.45, 2.75) is 0 Å². The third-order valence-corrected chi connectivity index (χ3v) is 2.36. The van der Waals surface area contributed by atoms with Gasteiger partial charge in [0.2, 0.25) is 5.91 Å². The van der Waals surface area contributed by atoms with Crippen molar-refractivity contribution in [3.63, 3.8) is 0 Å². The van der Waals surface area contributed by atoms with Gasteiger partial charge in [-0.1, -0.05) is 11.5 Å². The van der Waals surface area contributed by atoms with Gasteiger partial charge in [-0.3, -0.25) is 4.79 Å². The van der Waals surface area contributed by atoms with Gasteiger partial charge in [0.15, 0.2) is 0 Å². The molecule has 3 N–H and O–H groups in total. The number of hydrogen-bond donors (Lipinski definition) is 2. The zero-order chi connectivity index (χ0) is 7.84. The monoisotopic (exact) mass is 166 g/mol. The Hall–Kier alpha value is -1.29. The first-order valence-corrected chi connectivity index (χ1v) is 3.95. The van der Waals surface area contributed by atoms with Crippen molar-refractivity contribution in [2.75, 3.05) is 0 Å². The van der Waals surface area contributed by atoms with Crippen LogP contribution in [-0.2, 0) is 0 Å². The molecule has 1 aliphatic carbocycles. The van der Waals surface area contributed by atoms with E-state index in [1.807, 2.05) is 6.20 Å². The van der Waals surface area contributed by atoms with Gasteiger partial charge in [-0.15, -0.1) is 0 Å². The highest BCUT2D eigenvalue weighted by atomic mass is 32.1. The van der Waals surface area contributed by atoms with Crippen LogP contribution < -0.4 is 5.73 Å². The highest BCUT2D eigenvalue weighted by Crippen LogP contribution is 2.28. The number of amides is 1. The summed E-state index contributed by atoms with van der Waals surface area (Å²) in [4.78, 5) is 11.8. The van der Waals surface area contributed by atoms with E-state index in [1.165, 1.54) is 11.5 Å². The lowest BCUT2D eigenvalue weighted by molar-refractivity contribution is 0.100. The number of carbonyl (C=O) groups is 1. The van der Waals surface area contributed by atoms with Crippen LogP contribution in [0.15, 0.2) is 18.3 Å². The van der Waals surface area contributed by atoms with Gasteiger partial charge in [0.25, 0.3) is 0 Å². The summed E-state index contributed by atoms with van der Waals surface area (Å²) in [5.41, 5.74) is 6.72. The van der Waals surface area contributed by atoms with Crippen LogP contribution in [0.4, 0.5) is 0 Å². The Bertz CT molecular complexity index is 337. The summed E-state index contributed by atoms with van der Waals surface area (Å²) >= 11 is 1.49. The number of fused-ring (bicyclic) bond motifs is 1. The summed E-state index contributed by atoms with van der Waals surface area (Å²) in [5.74, 6) is -0.367. The van der Waals surface area contributed by atoms with Gasteiger partial charge < -0.3 is 10.1 Å².